The standard InChI is InChI=1S/C17H34N4O2S/c1-4-18-17(20-15-7-10-24(22,23)13-15)19-12-16(11-14(2)3)21-8-5-6-9-21/h14-16H,4-13H2,1-3H3,(H2,18,19,20). The summed E-state index contributed by atoms with van der Waals surface area (Å²) in [6.45, 7) is 10.5. The van der Waals surface area contributed by atoms with E-state index in [0.29, 0.717) is 18.4 Å². The second-order valence-corrected chi connectivity index (χ2v) is 9.72. The van der Waals surface area contributed by atoms with Gasteiger partial charge in [0.05, 0.1) is 18.1 Å². The van der Waals surface area contributed by atoms with Crippen LogP contribution in [-0.2, 0) is 9.84 Å². The van der Waals surface area contributed by atoms with Gasteiger partial charge in [-0.3, -0.25) is 9.89 Å². The minimum absolute atomic E-state index is 0.0110. The first-order valence-corrected chi connectivity index (χ1v) is 11.2. The molecule has 0 aromatic rings. The lowest BCUT2D eigenvalue weighted by Crippen LogP contribution is -2.45. The van der Waals surface area contributed by atoms with Gasteiger partial charge in [-0.2, -0.15) is 0 Å². The van der Waals surface area contributed by atoms with Crippen LogP contribution in [0.25, 0.3) is 0 Å². The lowest BCUT2D eigenvalue weighted by atomic mass is 10.0. The van der Waals surface area contributed by atoms with Crippen LogP contribution in [-0.4, -0.2) is 69.0 Å². The third kappa shape index (κ3) is 6.24. The summed E-state index contributed by atoms with van der Waals surface area (Å²) in [5.41, 5.74) is 0. The van der Waals surface area contributed by atoms with Crippen molar-refractivity contribution in [3.05, 3.63) is 0 Å². The van der Waals surface area contributed by atoms with E-state index in [0.717, 1.165) is 25.5 Å². The summed E-state index contributed by atoms with van der Waals surface area (Å²) >= 11 is 0. The molecular weight excluding hydrogens is 324 g/mol. The van der Waals surface area contributed by atoms with Gasteiger partial charge < -0.3 is 10.6 Å². The van der Waals surface area contributed by atoms with E-state index in [4.69, 9.17) is 4.99 Å². The number of hydrogen-bond acceptors (Lipinski definition) is 4. The maximum atomic E-state index is 11.6. The molecule has 2 heterocycles. The zero-order valence-electron chi connectivity index (χ0n) is 15.4. The highest BCUT2D eigenvalue weighted by Gasteiger charge is 2.28. The molecule has 140 valence electrons. The average Bonchev–Trinajstić information content (AvgIpc) is 3.13. The molecule has 0 aliphatic carbocycles. The Bertz CT molecular complexity index is 513. The molecule has 0 aromatic carbocycles. The van der Waals surface area contributed by atoms with Crippen molar-refractivity contribution in [3.8, 4) is 0 Å². The molecule has 6 nitrogen and oxygen atoms in total. The van der Waals surface area contributed by atoms with Gasteiger partial charge in [0.1, 0.15) is 0 Å². The predicted octanol–water partition coefficient (Wildman–Crippen LogP) is 1.24. The van der Waals surface area contributed by atoms with E-state index < -0.39 is 9.84 Å². The van der Waals surface area contributed by atoms with Gasteiger partial charge in [-0.05, 0) is 51.6 Å². The number of sulfone groups is 1. The van der Waals surface area contributed by atoms with Crippen LogP contribution in [0.4, 0.5) is 0 Å². The second kappa shape index (κ2) is 9.04. The molecule has 0 spiro atoms. The van der Waals surface area contributed by atoms with Crippen molar-refractivity contribution >= 4 is 15.8 Å². The number of rotatable bonds is 7. The molecule has 24 heavy (non-hydrogen) atoms. The summed E-state index contributed by atoms with van der Waals surface area (Å²) in [5.74, 6) is 1.92. The molecule has 0 amide bonds. The van der Waals surface area contributed by atoms with Crippen LogP contribution in [0.2, 0.25) is 0 Å². The van der Waals surface area contributed by atoms with E-state index in [1.165, 1.54) is 25.9 Å². The number of guanidine groups is 1. The molecule has 2 unspecified atom stereocenters. The maximum absolute atomic E-state index is 11.6. The number of nitrogens with one attached hydrogen (secondary N) is 2. The van der Waals surface area contributed by atoms with Gasteiger partial charge in [-0.25, -0.2) is 8.42 Å². The summed E-state index contributed by atoms with van der Waals surface area (Å²) in [4.78, 5) is 7.34. The van der Waals surface area contributed by atoms with E-state index in [1.807, 2.05) is 6.92 Å². The third-order valence-electron chi connectivity index (χ3n) is 4.78. The first kappa shape index (κ1) is 19.5. The Hall–Kier alpha value is -0.820. The van der Waals surface area contributed by atoms with Crippen LogP contribution in [0.5, 0.6) is 0 Å². The van der Waals surface area contributed by atoms with Crippen LogP contribution < -0.4 is 10.6 Å². The Morgan fingerprint density at radius 1 is 1.29 bits per heavy atom. The largest absolute Gasteiger partial charge is 0.357 e. The summed E-state index contributed by atoms with van der Waals surface area (Å²) in [6.07, 6.45) is 4.40. The molecule has 0 aromatic heterocycles. The molecular formula is C17H34N4O2S. The first-order chi connectivity index (χ1) is 11.4. The highest BCUT2D eigenvalue weighted by molar-refractivity contribution is 7.91. The second-order valence-electron chi connectivity index (χ2n) is 7.49. The Labute approximate surface area is 147 Å². The SMILES string of the molecule is CCNC(=NCC(CC(C)C)N1CCCC1)NC1CCS(=O)(=O)C1. The molecule has 0 bridgehead atoms. The normalized spacial score (nSPS) is 26.0. The van der Waals surface area contributed by atoms with Crippen LogP contribution in [0.1, 0.15) is 46.5 Å². The quantitative estimate of drug-likeness (QED) is 0.529. The summed E-state index contributed by atoms with van der Waals surface area (Å²) < 4.78 is 23.3. The molecule has 2 N–H and O–H groups in total. The Morgan fingerprint density at radius 3 is 2.54 bits per heavy atom. The Balaban J connectivity index is 1.96. The zero-order valence-corrected chi connectivity index (χ0v) is 16.2. The predicted molar refractivity (Wildman–Crippen MR) is 100 cm³/mol. The molecule has 2 fully saturated rings. The van der Waals surface area contributed by atoms with Gasteiger partial charge >= 0.3 is 0 Å². The molecule has 2 rings (SSSR count). The number of nitrogens with zero attached hydrogens (tertiary/aromatic N) is 2. The summed E-state index contributed by atoms with van der Waals surface area (Å²) in [6, 6.07) is 0.471. The molecule has 2 atom stereocenters. The first-order valence-electron chi connectivity index (χ1n) is 9.39. The Kier molecular flexibility index (Phi) is 7.34. The molecule has 2 aliphatic heterocycles. The van der Waals surface area contributed by atoms with Crippen molar-refractivity contribution in [1.29, 1.82) is 0 Å². The van der Waals surface area contributed by atoms with Crippen molar-refractivity contribution in [1.82, 2.24) is 15.5 Å². The van der Waals surface area contributed by atoms with Crippen molar-refractivity contribution in [2.24, 2.45) is 10.9 Å². The number of hydrogen-bond donors (Lipinski definition) is 2. The van der Waals surface area contributed by atoms with E-state index in [-0.39, 0.29) is 17.5 Å². The maximum Gasteiger partial charge on any atom is 0.191 e. The molecule has 0 radical (unpaired) electrons. The van der Waals surface area contributed by atoms with E-state index in [2.05, 4.69) is 29.4 Å². The van der Waals surface area contributed by atoms with Gasteiger partial charge in [0.2, 0.25) is 0 Å². The van der Waals surface area contributed by atoms with Gasteiger partial charge in [-0.15, -0.1) is 0 Å². The van der Waals surface area contributed by atoms with Gasteiger partial charge in [0.25, 0.3) is 0 Å². The van der Waals surface area contributed by atoms with E-state index >= 15 is 0 Å². The minimum Gasteiger partial charge on any atom is -0.357 e. The Morgan fingerprint density at radius 2 is 2.00 bits per heavy atom. The van der Waals surface area contributed by atoms with Crippen molar-refractivity contribution < 1.29 is 8.42 Å². The fourth-order valence-corrected chi connectivity index (χ4v) is 5.28. The highest BCUT2D eigenvalue weighted by atomic mass is 32.2. The topological polar surface area (TPSA) is 73.8 Å². The average molecular weight is 359 g/mol. The van der Waals surface area contributed by atoms with E-state index in [9.17, 15) is 8.42 Å². The highest BCUT2D eigenvalue weighted by Crippen LogP contribution is 2.18. The van der Waals surface area contributed by atoms with Crippen LogP contribution in [0.3, 0.4) is 0 Å². The monoisotopic (exact) mass is 358 g/mol. The lowest BCUT2D eigenvalue weighted by Gasteiger charge is -2.28. The number of likely N-dealkylation sites (tertiary alicyclic amines) is 1. The van der Waals surface area contributed by atoms with Crippen molar-refractivity contribution in [2.75, 3.05) is 37.7 Å². The van der Waals surface area contributed by atoms with Crippen LogP contribution >= 0.6 is 0 Å². The van der Waals surface area contributed by atoms with Gasteiger partial charge in [0, 0.05) is 18.6 Å². The molecule has 0 saturated carbocycles. The summed E-state index contributed by atoms with van der Waals surface area (Å²) in [5, 5.41) is 6.57. The zero-order chi connectivity index (χ0) is 17.6. The summed E-state index contributed by atoms with van der Waals surface area (Å²) in [7, 11) is -2.87. The van der Waals surface area contributed by atoms with Gasteiger partial charge in [0.15, 0.2) is 15.8 Å². The molecule has 7 heteroatoms. The lowest BCUT2D eigenvalue weighted by molar-refractivity contribution is 0.218. The van der Waals surface area contributed by atoms with Crippen LogP contribution in [0.15, 0.2) is 4.99 Å². The number of aliphatic imine (C=N–C) groups is 1. The van der Waals surface area contributed by atoms with Crippen molar-refractivity contribution in [3.63, 3.8) is 0 Å². The fourth-order valence-electron chi connectivity index (χ4n) is 3.61. The smallest absolute Gasteiger partial charge is 0.191 e. The molecule has 2 aliphatic rings. The van der Waals surface area contributed by atoms with Crippen LogP contribution in [0, 0.1) is 5.92 Å². The third-order valence-corrected chi connectivity index (χ3v) is 6.55. The minimum atomic E-state index is -2.87. The molecule has 2 saturated heterocycles. The van der Waals surface area contributed by atoms with Crippen molar-refractivity contribution in [2.45, 2.75) is 58.5 Å². The fraction of sp³-hybridized carbons (Fsp3) is 0.941. The van der Waals surface area contributed by atoms with Gasteiger partial charge in [-0.1, -0.05) is 13.8 Å². The van der Waals surface area contributed by atoms with E-state index in [1.54, 1.807) is 0 Å².